The Morgan fingerprint density at radius 1 is 1.08 bits per heavy atom. The number of ether oxygens (including phenoxy) is 2. The van der Waals surface area contributed by atoms with Crippen LogP contribution >= 0.6 is 15.9 Å². The first kappa shape index (κ1) is 19.0. The normalized spacial score (nSPS) is 10.7. The lowest BCUT2D eigenvalue weighted by atomic mass is 10.1. The fourth-order valence-corrected chi connectivity index (χ4v) is 2.42. The van der Waals surface area contributed by atoms with Gasteiger partial charge in [-0.3, -0.25) is 4.79 Å². The van der Waals surface area contributed by atoms with Crippen molar-refractivity contribution in [1.82, 2.24) is 5.43 Å². The van der Waals surface area contributed by atoms with E-state index < -0.39 is 0 Å². The Hall–Kier alpha value is -2.34. The number of hydrogen-bond acceptors (Lipinski definition) is 4. The van der Waals surface area contributed by atoms with Gasteiger partial charge in [-0.15, -0.1) is 0 Å². The Morgan fingerprint density at radius 3 is 2.44 bits per heavy atom. The third kappa shape index (κ3) is 6.23. The zero-order valence-electron chi connectivity index (χ0n) is 14.3. The largest absolute Gasteiger partial charge is 0.490 e. The standard InChI is InChI=1S/C19H21BrN2O3/c1-3-24-17-10-7-15(11-18(17)25-4-2)13-21-22-19(23)12-14-5-8-16(20)9-6-14/h5-11,13H,3-4,12H2,1-2H3,(H,22,23). The van der Waals surface area contributed by atoms with Crippen molar-refractivity contribution in [2.45, 2.75) is 20.3 Å². The second-order valence-corrected chi connectivity index (χ2v) is 6.08. The summed E-state index contributed by atoms with van der Waals surface area (Å²) in [4.78, 5) is 11.9. The van der Waals surface area contributed by atoms with E-state index in [0.717, 1.165) is 15.6 Å². The van der Waals surface area contributed by atoms with Gasteiger partial charge in [-0.2, -0.15) is 5.10 Å². The summed E-state index contributed by atoms with van der Waals surface area (Å²) in [6.07, 6.45) is 1.86. The third-order valence-corrected chi connectivity index (χ3v) is 3.78. The number of halogens is 1. The minimum absolute atomic E-state index is 0.172. The van der Waals surface area contributed by atoms with E-state index in [1.165, 1.54) is 0 Å². The zero-order chi connectivity index (χ0) is 18.1. The predicted octanol–water partition coefficient (Wildman–Crippen LogP) is 3.94. The highest BCUT2D eigenvalue weighted by Crippen LogP contribution is 2.27. The number of benzene rings is 2. The fraction of sp³-hybridized carbons (Fsp3) is 0.263. The fourth-order valence-electron chi connectivity index (χ4n) is 2.15. The van der Waals surface area contributed by atoms with Crippen molar-refractivity contribution < 1.29 is 14.3 Å². The molecule has 0 bridgehead atoms. The van der Waals surface area contributed by atoms with Crippen LogP contribution in [0.25, 0.3) is 0 Å². The molecule has 0 heterocycles. The first-order valence-corrected chi connectivity index (χ1v) is 8.87. The molecule has 0 radical (unpaired) electrons. The molecule has 2 aromatic rings. The summed E-state index contributed by atoms with van der Waals surface area (Å²) < 4.78 is 12.1. The molecule has 1 N–H and O–H groups in total. The molecule has 0 aromatic heterocycles. The summed E-state index contributed by atoms with van der Waals surface area (Å²) >= 11 is 3.37. The number of nitrogens with one attached hydrogen (secondary N) is 1. The zero-order valence-corrected chi connectivity index (χ0v) is 15.9. The van der Waals surface area contributed by atoms with Crippen LogP contribution in [0.3, 0.4) is 0 Å². The maximum absolute atomic E-state index is 11.9. The van der Waals surface area contributed by atoms with Crippen molar-refractivity contribution in [1.29, 1.82) is 0 Å². The van der Waals surface area contributed by atoms with Gasteiger partial charge >= 0.3 is 0 Å². The van der Waals surface area contributed by atoms with Crippen molar-refractivity contribution in [2.24, 2.45) is 5.10 Å². The van der Waals surface area contributed by atoms with Gasteiger partial charge in [-0.05, 0) is 55.3 Å². The number of hydrogen-bond donors (Lipinski definition) is 1. The highest BCUT2D eigenvalue weighted by molar-refractivity contribution is 9.10. The monoisotopic (exact) mass is 404 g/mol. The van der Waals surface area contributed by atoms with Crippen LogP contribution in [0.15, 0.2) is 52.0 Å². The van der Waals surface area contributed by atoms with E-state index in [2.05, 4.69) is 26.5 Å². The summed E-state index contributed by atoms with van der Waals surface area (Å²) in [5.74, 6) is 1.19. The first-order valence-electron chi connectivity index (χ1n) is 8.08. The minimum atomic E-state index is -0.172. The predicted molar refractivity (Wildman–Crippen MR) is 102 cm³/mol. The van der Waals surface area contributed by atoms with Crippen molar-refractivity contribution in [3.63, 3.8) is 0 Å². The van der Waals surface area contributed by atoms with Crippen LogP contribution in [0.1, 0.15) is 25.0 Å². The molecule has 0 unspecified atom stereocenters. The highest BCUT2D eigenvalue weighted by atomic mass is 79.9. The number of carbonyl (C=O) groups excluding carboxylic acids is 1. The van der Waals surface area contributed by atoms with E-state index in [4.69, 9.17) is 9.47 Å². The van der Waals surface area contributed by atoms with Gasteiger partial charge in [0.15, 0.2) is 11.5 Å². The van der Waals surface area contributed by atoms with Gasteiger partial charge in [0.25, 0.3) is 0 Å². The van der Waals surface area contributed by atoms with Gasteiger partial charge < -0.3 is 9.47 Å². The van der Waals surface area contributed by atoms with Crippen LogP contribution in [-0.2, 0) is 11.2 Å². The number of nitrogens with zero attached hydrogens (tertiary/aromatic N) is 1. The van der Waals surface area contributed by atoms with Crippen molar-refractivity contribution in [3.8, 4) is 11.5 Å². The molecule has 0 aliphatic carbocycles. The second kappa shape index (κ2) is 9.84. The lowest BCUT2D eigenvalue weighted by molar-refractivity contribution is -0.120. The summed E-state index contributed by atoms with van der Waals surface area (Å²) in [5, 5.41) is 4.00. The SMILES string of the molecule is CCOc1ccc(C=NNC(=O)Cc2ccc(Br)cc2)cc1OCC. The molecular weight excluding hydrogens is 384 g/mol. The van der Waals surface area contributed by atoms with E-state index >= 15 is 0 Å². The van der Waals surface area contributed by atoms with Crippen LogP contribution in [0, 0.1) is 0 Å². The van der Waals surface area contributed by atoms with Crippen molar-refractivity contribution >= 4 is 28.1 Å². The number of rotatable bonds is 8. The number of amides is 1. The summed E-state index contributed by atoms with van der Waals surface area (Å²) in [6, 6.07) is 13.1. The summed E-state index contributed by atoms with van der Waals surface area (Å²) in [5.41, 5.74) is 4.27. The highest BCUT2D eigenvalue weighted by Gasteiger charge is 2.05. The molecule has 6 heteroatoms. The van der Waals surface area contributed by atoms with Crippen LogP contribution < -0.4 is 14.9 Å². The van der Waals surface area contributed by atoms with E-state index in [0.29, 0.717) is 24.7 Å². The van der Waals surface area contributed by atoms with Gasteiger partial charge in [0, 0.05) is 4.47 Å². The Labute approximate surface area is 156 Å². The Kier molecular flexibility index (Phi) is 7.47. The van der Waals surface area contributed by atoms with Crippen LogP contribution in [0.2, 0.25) is 0 Å². The average Bonchev–Trinajstić information content (AvgIpc) is 2.59. The maximum Gasteiger partial charge on any atom is 0.244 e. The molecule has 132 valence electrons. The summed E-state index contributed by atoms with van der Waals surface area (Å²) in [6.45, 7) is 4.95. The van der Waals surface area contributed by atoms with Crippen molar-refractivity contribution in [3.05, 3.63) is 58.1 Å². The van der Waals surface area contributed by atoms with Gasteiger partial charge in [0.1, 0.15) is 0 Å². The molecule has 0 saturated heterocycles. The van der Waals surface area contributed by atoms with Gasteiger partial charge in [0.05, 0.1) is 25.8 Å². The maximum atomic E-state index is 11.9. The molecule has 5 nitrogen and oxygen atoms in total. The molecule has 0 saturated carbocycles. The van der Waals surface area contributed by atoms with E-state index in [1.807, 2.05) is 56.3 Å². The van der Waals surface area contributed by atoms with Crippen molar-refractivity contribution in [2.75, 3.05) is 13.2 Å². The smallest absolute Gasteiger partial charge is 0.244 e. The molecule has 2 rings (SSSR count). The molecule has 0 atom stereocenters. The van der Waals surface area contributed by atoms with Gasteiger partial charge in [-0.25, -0.2) is 5.43 Å². The van der Waals surface area contributed by atoms with Crippen LogP contribution in [0.5, 0.6) is 11.5 Å². The lowest BCUT2D eigenvalue weighted by Gasteiger charge is -2.11. The first-order chi connectivity index (χ1) is 12.1. The van der Waals surface area contributed by atoms with E-state index in [9.17, 15) is 4.79 Å². The average molecular weight is 405 g/mol. The van der Waals surface area contributed by atoms with Crippen LogP contribution in [0.4, 0.5) is 0 Å². The Bertz CT molecular complexity index is 730. The molecule has 2 aromatic carbocycles. The molecule has 0 aliphatic heterocycles. The van der Waals surface area contributed by atoms with Gasteiger partial charge in [0.2, 0.25) is 5.91 Å². The molecule has 0 aliphatic rings. The molecule has 0 spiro atoms. The molecular formula is C19H21BrN2O3. The minimum Gasteiger partial charge on any atom is -0.490 e. The Morgan fingerprint density at radius 2 is 1.76 bits per heavy atom. The number of carbonyl (C=O) groups is 1. The Balaban J connectivity index is 1.95. The van der Waals surface area contributed by atoms with E-state index in [1.54, 1.807) is 6.21 Å². The number of hydrazone groups is 1. The quantitative estimate of drug-likeness (QED) is 0.535. The van der Waals surface area contributed by atoms with Gasteiger partial charge in [-0.1, -0.05) is 28.1 Å². The second-order valence-electron chi connectivity index (χ2n) is 5.17. The lowest BCUT2D eigenvalue weighted by Crippen LogP contribution is -2.19. The summed E-state index contributed by atoms with van der Waals surface area (Å²) in [7, 11) is 0. The third-order valence-electron chi connectivity index (χ3n) is 3.25. The molecule has 0 fully saturated rings. The van der Waals surface area contributed by atoms with E-state index in [-0.39, 0.29) is 12.3 Å². The van der Waals surface area contributed by atoms with Crippen LogP contribution in [-0.4, -0.2) is 25.3 Å². The molecule has 1 amide bonds. The molecule has 25 heavy (non-hydrogen) atoms. The topological polar surface area (TPSA) is 59.9 Å².